The summed E-state index contributed by atoms with van der Waals surface area (Å²) in [7, 11) is 1.62. The van der Waals surface area contributed by atoms with Crippen molar-refractivity contribution in [2.45, 2.75) is 71.9 Å². The third-order valence-corrected chi connectivity index (χ3v) is 5.81. The van der Waals surface area contributed by atoms with Crippen LogP contribution in [0.2, 0.25) is 0 Å². The van der Waals surface area contributed by atoms with Crippen LogP contribution in [-0.4, -0.2) is 43.0 Å². The Labute approximate surface area is 204 Å². The second-order valence-electron chi connectivity index (χ2n) is 9.50. The number of amides is 2. The van der Waals surface area contributed by atoms with Crippen molar-refractivity contribution in [3.8, 4) is 11.5 Å². The van der Waals surface area contributed by atoms with Crippen molar-refractivity contribution in [2.24, 2.45) is 0 Å². The van der Waals surface area contributed by atoms with Gasteiger partial charge >= 0.3 is 0 Å². The smallest absolute Gasteiger partial charge is 0.261 e. The van der Waals surface area contributed by atoms with Gasteiger partial charge in [-0.15, -0.1) is 0 Å². The molecule has 1 N–H and O–H groups in total. The lowest BCUT2D eigenvalue weighted by atomic mass is 9.87. The van der Waals surface area contributed by atoms with Crippen LogP contribution in [0.1, 0.15) is 65.0 Å². The summed E-state index contributed by atoms with van der Waals surface area (Å²) in [4.78, 5) is 27.8. The van der Waals surface area contributed by atoms with E-state index in [4.69, 9.17) is 9.47 Å². The molecule has 0 saturated heterocycles. The molecule has 6 heteroatoms. The summed E-state index contributed by atoms with van der Waals surface area (Å²) in [6.07, 6.45) is 2.41. The molecule has 0 spiro atoms. The zero-order valence-corrected chi connectivity index (χ0v) is 21.5. The summed E-state index contributed by atoms with van der Waals surface area (Å²) >= 11 is 0. The fourth-order valence-electron chi connectivity index (χ4n) is 3.63. The minimum absolute atomic E-state index is 0.0446. The summed E-state index contributed by atoms with van der Waals surface area (Å²) in [6, 6.07) is 14.8. The van der Waals surface area contributed by atoms with Gasteiger partial charge in [-0.05, 0) is 53.6 Å². The van der Waals surface area contributed by atoms with E-state index in [1.54, 1.807) is 12.0 Å². The third-order valence-electron chi connectivity index (χ3n) is 5.81. The van der Waals surface area contributed by atoms with Crippen LogP contribution in [-0.2, 0) is 21.5 Å². The highest BCUT2D eigenvalue weighted by atomic mass is 16.5. The highest BCUT2D eigenvalue weighted by Crippen LogP contribution is 2.24. The summed E-state index contributed by atoms with van der Waals surface area (Å²) in [5, 5.41) is 2.97. The minimum Gasteiger partial charge on any atom is -0.497 e. The number of methoxy groups -OCH3 is 1. The molecular formula is C28H40N2O4. The number of carbonyl (C=O) groups excluding carboxylic acids is 2. The van der Waals surface area contributed by atoms with Crippen LogP contribution in [0.4, 0.5) is 0 Å². The Morgan fingerprint density at radius 1 is 0.971 bits per heavy atom. The standard InChI is InChI=1S/C28H40N2O4/c1-7-9-18-29-27(32)25(8-2)30(19-21-10-14-23(33-6)15-11-21)26(31)20-34-24-16-12-22(13-17-24)28(3,4)5/h10-17,25H,7-9,18-20H2,1-6H3,(H,29,32). The molecule has 0 bridgehead atoms. The SMILES string of the molecule is CCCCNC(=O)C(CC)N(Cc1ccc(OC)cc1)C(=O)COc1ccc(C(C)(C)C)cc1. The zero-order chi connectivity index (χ0) is 25.1. The van der Waals surface area contributed by atoms with Crippen molar-refractivity contribution in [1.29, 1.82) is 0 Å². The maximum absolute atomic E-state index is 13.3. The lowest BCUT2D eigenvalue weighted by Crippen LogP contribution is -2.50. The molecule has 34 heavy (non-hydrogen) atoms. The van der Waals surface area contributed by atoms with Gasteiger partial charge < -0.3 is 19.7 Å². The Kier molecular flexibility index (Phi) is 10.4. The van der Waals surface area contributed by atoms with Crippen molar-refractivity contribution >= 4 is 11.8 Å². The van der Waals surface area contributed by atoms with Crippen molar-refractivity contribution in [3.05, 3.63) is 59.7 Å². The maximum atomic E-state index is 13.3. The number of hydrogen-bond acceptors (Lipinski definition) is 4. The molecule has 0 radical (unpaired) electrons. The normalized spacial score (nSPS) is 12.1. The first kappa shape index (κ1) is 27.2. The van der Waals surface area contributed by atoms with E-state index < -0.39 is 6.04 Å². The molecular weight excluding hydrogens is 428 g/mol. The number of ether oxygens (including phenoxy) is 2. The first-order valence-electron chi connectivity index (χ1n) is 12.1. The van der Waals surface area contributed by atoms with E-state index in [1.807, 2.05) is 55.5 Å². The molecule has 0 aromatic heterocycles. The van der Waals surface area contributed by atoms with E-state index in [0.29, 0.717) is 25.3 Å². The van der Waals surface area contributed by atoms with Crippen LogP contribution < -0.4 is 14.8 Å². The fraction of sp³-hybridized carbons (Fsp3) is 0.500. The van der Waals surface area contributed by atoms with E-state index >= 15 is 0 Å². The molecule has 0 fully saturated rings. The monoisotopic (exact) mass is 468 g/mol. The molecule has 2 amide bonds. The van der Waals surface area contributed by atoms with Crippen molar-refractivity contribution in [2.75, 3.05) is 20.3 Å². The van der Waals surface area contributed by atoms with E-state index in [9.17, 15) is 9.59 Å². The van der Waals surface area contributed by atoms with Crippen LogP contribution in [0.3, 0.4) is 0 Å². The van der Waals surface area contributed by atoms with Crippen LogP contribution in [0.5, 0.6) is 11.5 Å². The predicted molar refractivity (Wildman–Crippen MR) is 136 cm³/mol. The fourth-order valence-corrected chi connectivity index (χ4v) is 3.63. The maximum Gasteiger partial charge on any atom is 0.261 e. The molecule has 0 saturated carbocycles. The van der Waals surface area contributed by atoms with E-state index in [-0.39, 0.29) is 23.8 Å². The molecule has 0 aliphatic rings. The van der Waals surface area contributed by atoms with Gasteiger partial charge in [-0.25, -0.2) is 0 Å². The van der Waals surface area contributed by atoms with E-state index in [1.165, 1.54) is 5.56 Å². The quantitative estimate of drug-likeness (QED) is 0.440. The number of benzene rings is 2. The Balaban J connectivity index is 2.16. The van der Waals surface area contributed by atoms with Crippen molar-refractivity contribution in [3.63, 3.8) is 0 Å². The number of hydrogen-bond donors (Lipinski definition) is 1. The zero-order valence-electron chi connectivity index (χ0n) is 21.5. The van der Waals surface area contributed by atoms with Gasteiger partial charge in [0, 0.05) is 13.1 Å². The molecule has 2 rings (SSSR count). The molecule has 2 aromatic rings. The van der Waals surface area contributed by atoms with Crippen LogP contribution >= 0.6 is 0 Å². The Bertz CT molecular complexity index is 901. The summed E-state index contributed by atoms with van der Waals surface area (Å²) in [5.74, 6) is 1.01. The Morgan fingerprint density at radius 3 is 2.12 bits per heavy atom. The van der Waals surface area contributed by atoms with Gasteiger partial charge in [0.05, 0.1) is 7.11 Å². The first-order chi connectivity index (χ1) is 16.2. The molecule has 0 aliphatic carbocycles. The number of carbonyl (C=O) groups is 2. The molecule has 0 aliphatic heterocycles. The summed E-state index contributed by atoms with van der Waals surface area (Å²) in [6.45, 7) is 11.2. The Hall–Kier alpha value is -3.02. The first-order valence-corrected chi connectivity index (χ1v) is 12.1. The summed E-state index contributed by atoms with van der Waals surface area (Å²) in [5.41, 5.74) is 2.16. The average Bonchev–Trinajstić information content (AvgIpc) is 2.82. The molecule has 1 unspecified atom stereocenters. The van der Waals surface area contributed by atoms with Crippen molar-refractivity contribution < 1.29 is 19.1 Å². The molecule has 6 nitrogen and oxygen atoms in total. The Morgan fingerprint density at radius 2 is 1.59 bits per heavy atom. The lowest BCUT2D eigenvalue weighted by Gasteiger charge is -2.30. The van der Waals surface area contributed by atoms with Crippen LogP contribution in [0.15, 0.2) is 48.5 Å². The third kappa shape index (κ3) is 8.08. The van der Waals surface area contributed by atoms with Gasteiger partial charge in [-0.1, -0.05) is 65.3 Å². The molecule has 0 heterocycles. The second-order valence-corrected chi connectivity index (χ2v) is 9.50. The van der Waals surface area contributed by atoms with Gasteiger partial charge in [0.15, 0.2) is 6.61 Å². The van der Waals surface area contributed by atoms with Gasteiger partial charge in [0.2, 0.25) is 5.91 Å². The largest absolute Gasteiger partial charge is 0.497 e. The summed E-state index contributed by atoms with van der Waals surface area (Å²) < 4.78 is 11.1. The molecule has 2 aromatic carbocycles. The van der Waals surface area contributed by atoms with Gasteiger partial charge in [-0.3, -0.25) is 9.59 Å². The van der Waals surface area contributed by atoms with Gasteiger partial charge in [-0.2, -0.15) is 0 Å². The van der Waals surface area contributed by atoms with E-state index in [0.717, 1.165) is 24.2 Å². The highest BCUT2D eigenvalue weighted by Gasteiger charge is 2.29. The van der Waals surface area contributed by atoms with Crippen LogP contribution in [0.25, 0.3) is 0 Å². The molecule has 1 atom stereocenters. The average molecular weight is 469 g/mol. The number of rotatable bonds is 12. The number of nitrogens with zero attached hydrogens (tertiary/aromatic N) is 1. The number of unbranched alkanes of at least 4 members (excludes halogenated alkanes) is 1. The second kappa shape index (κ2) is 13.0. The minimum atomic E-state index is -0.571. The van der Waals surface area contributed by atoms with Crippen molar-refractivity contribution in [1.82, 2.24) is 10.2 Å². The number of nitrogens with one attached hydrogen (secondary N) is 1. The lowest BCUT2D eigenvalue weighted by molar-refractivity contribution is -0.143. The van der Waals surface area contributed by atoms with Gasteiger partial charge in [0.1, 0.15) is 17.5 Å². The van der Waals surface area contributed by atoms with Crippen LogP contribution in [0, 0.1) is 0 Å². The highest BCUT2D eigenvalue weighted by molar-refractivity contribution is 5.88. The topological polar surface area (TPSA) is 67.9 Å². The predicted octanol–water partition coefficient (Wildman–Crippen LogP) is 5.10. The van der Waals surface area contributed by atoms with Gasteiger partial charge in [0.25, 0.3) is 5.91 Å². The molecule has 186 valence electrons. The van der Waals surface area contributed by atoms with E-state index in [2.05, 4.69) is 33.0 Å².